The molecule has 3 nitrogen and oxygen atoms in total. The largest absolute Gasteiger partial charge is 0.391 e. The maximum absolute atomic E-state index is 9.40. The van der Waals surface area contributed by atoms with E-state index in [9.17, 15) is 10.2 Å². The molecule has 3 heteroatoms. The molecular weight excluding hydrogens is 322 g/mol. The van der Waals surface area contributed by atoms with Gasteiger partial charge in [0.25, 0.3) is 0 Å². The van der Waals surface area contributed by atoms with Crippen LogP contribution >= 0.6 is 0 Å². The third kappa shape index (κ3) is 13.1. The molecule has 0 radical (unpaired) electrons. The summed E-state index contributed by atoms with van der Waals surface area (Å²) in [6, 6.07) is 0.469. The van der Waals surface area contributed by atoms with Gasteiger partial charge < -0.3 is 14.7 Å². The van der Waals surface area contributed by atoms with Gasteiger partial charge in [-0.2, -0.15) is 0 Å². The average Bonchev–Trinajstić information content (AvgIpc) is 2.62. The summed E-state index contributed by atoms with van der Waals surface area (Å²) in [5, 5.41) is 18.8. The van der Waals surface area contributed by atoms with E-state index < -0.39 is 0 Å². The van der Waals surface area contributed by atoms with Gasteiger partial charge >= 0.3 is 0 Å². The number of rotatable bonds is 20. The summed E-state index contributed by atoms with van der Waals surface area (Å²) in [4.78, 5) is 0. The summed E-state index contributed by atoms with van der Waals surface area (Å²) in [6.45, 7) is 9.80. The lowest BCUT2D eigenvalue weighted by atomic mass is 10.0. The van der Waals surface area contributed by atoms with Crippen molar-refractivity contribution in [2.24, 2.45) is 0 Å². The van der Waals surface area contributed by atoms with Crippen LogP contribution in [0.15, 0.2) is 0 Å². The highest BCUT2D eigenvalue weighted by molar-refractivity contribution is 4.53. The average molecular weight is 373 g/mol. The van der Waals surface area contributed by atoms with Crippen LogP contribution in [0.5, 0.6) is 0 Å². The highest BCUT2D eigenvalue weighted by atomic mass is 16.3. The maximum Gasteiger partial charge on any atom is 0.102 e. The molecule has 2 N–H and O–H groups in total. The van der Waals surface area contributed by atoms with Gasteiger partial charge in [0, 0.05) is 0 Å². The second-order valence-electron chi connectivity index (χ2n) is 8.53. The molecule has 0 spiro atoms. The van der Waals surface area contributed by atoms with Gasteiger partial charge in [-0.05, 0) is 26.7 Å². The Labute approximate surface area is 164 Å². The number of nitrogens with zero attached hydrogens (tertiary/aromatic N) is 1. The summed E-state index contributed by atoms with van der Waals surface area (Å²) in [6.07, 6.45) is 19.4. The minimum Gasteiger partial charge on any atom is -0.391 e. The lowest BCUT2D eigenvalue weighted by Crippen LogP contribution is -2.56. The van der Waals surface area contributed by atoms with Crippen LogP contribution in [0.4, 0.5) is 0 Å². The summed E-state index contributed by atoms with van der Waals surface area (Å²) in [5.41, 5.74) is 0. The van der Waals surface area contributed by atoms with Gasteiger partial charge in [-0.3, -0.25) is 0 Å². The van der Waals surface area contributed by atoms with Crippen molar-refractivity contribution < 1.29 is 14.7 Å². The Hall–Kier alpha value is -0.120. The molecule has 0 aliphatic rings. The predicted molar refractivity (Wildman–Crippen MR) is 114 cm³/mol. The number of aliphatic hydroxyl groups is 2. The summed E-state index contributed by atoms with van der Waals surface area (Å²) >= 11 is 0. The normalized spacial score (nSPS) is 12.2. The van der Waals surface area contributed by atoms with Crippen LogP contribution in [0, 0.1) is 0 Å². The van der Waals surface area contributed by atoms with Gasteiger partial charge in [0.1, 0.15) is 13.1 Å². The van der Waals surface area contributed by atoms with E-state index in [0.717, 1.165) is 24.1 Å². The predicted octanol–water partition coefficient (Wildman–Crippen LogP) is 5.68. The first-order chi connectivity index (χ1) is 12.6. The molecule has 0 rings (SSSR count). The van der Waals surface area contributed by atoms with Gasteiger partial charge in [-0.15, -0.1) is 0 Å². The van der Waals surface area contributed by atoms with E-state index >= 15 is 0 Å². The second kappa shape index (κ2) is 18.3. The SMILES string of the molecule is CCCCCCCCCCCCCCCC[N+](CCO)(CCO)C(C)C. The van der Waals surface area contributed by atoms with Crippen LogP contribution in [-0.4, -0.2) is 53.6 Å². The molecule has 26 heavy (non-hydrogen) atoms. The zero-order chi connectivity index (χ0) is 19.5. The van der Waals surface area contributed by atoms with Crippen molar-refractivity contribution in [1.82, 2.24) is 0 Å². The van der Waals surface area contributed by atoms with Crippen molar-refractivity contribution >= 4 is 0 Å². The molecule has 0 heterocycles. The smallest absolute Gasteiger partial charge is 0.102 e. The standard InChI is InChI=1S/C23H50NO2/c1-4-5-6-7-8-9-10-11-12-13-14-15-16-17-18-24(19-21-25,20-22-26)23(2)3/h23,25-26H,4-22H2,1-3H3/q+1. The molecule has 0 aliphatic carbocycles. The van der Waals surface area contributed by atoms with E-state index in [1.165, 1.54) is 89.9 Å². The Morgan fingerprint density at radius 3 is 1.19 bits per heavy atom. The Morgan fingerprint density at radius 2 is 0.885 bits per heavy atom. The fraction of sp³-hybridized carbons (Fsp3) is 1.00. The second-order valence-corrected chi connectivity index (χ2v) is 8.53. The molecule has 0 saturated carbocycles. The van der Waals surface area contributed by atoms with Gasteiger partial charge in [0.2, 0.25) is 0 Å². The zero-order valence-electron chi connectivity index (χ0n) is 18.4. The van der Waals surface area contributed by atoms with E-state index in [2.05, 4.69) is 20.8 Å². The Morgan fingerprint density at radius 1 is 0.538 bits per heavy atom. The Bertz CT molecular complexity index is 275. The Kier molecular flexibility index (Phi) is 18.2. The van der Waals surface area contributed by atoms with Crippen molar-refractivity contribution in [1.29, 1.82) is 0 Å². The number of quaternary nitrogens is 1. The zero-order valence-corrected chi connectivity index (χ0v) is 18.4. The van der Waals surface area contributed by atoms with Crippen molar-refractivity contribution in [3.8, 4) is 0 Å². The van der Waals surface area contributed by atoms with Crippen LogP contribution in [0.2, 0.25) is 0 Å². The number of hydrogen-bond acceptors (Lipinski definition) is 2. The number of hydrogen-bond donors (Lipinski definition) is 2. The van der Waals surface area contributed by atoms with Gasteiger partial charge in [0.15, 0.2) is 0 Å². The fourth-order valence-corrected chi connectivity index (χ4v) is 4.13. The first kappa shape index (κ1) is 25.9. The van der Waals surface area contributed by atoms with E-state index in [-0.39, 0.29) is 13.2 Å². The van der Waals surface area contributed by atoms with Gasteiger partial charge in [-0.1, -0.05) is 84.0 Å². The highest BCUT2D eigenvalue weighted by Gasteiger charge is 2.29. The van der Waals surface area contributed by atoms with E-state index in [4.69, 9.17) is 0 Å². The van der Waals surface area contributed by atoms with Crippen LogP contribution in [-0.2, 0) is 0 Å². The van der Waals surface area contributed by atoms with Crippen molar-refractivity contribution in [3.05, 3.63) is 0 Å². The summed E-state index contributed by atoms with van der Waals surface area (Å²) in [7, 11) is 0. The van der Waals surface area contributed by atoms with E-state index in [0.29, 0.717) is 6.04 Å². The lowest BCUT2D eigenvalue weighted by Gasteiger charge is -2.42. The molecular formula is C23H50NO2+. The summed E-state index contributed by atoms with van der Waals surface area (Å²) < 4.78 is 0.866. The third-order valence-corrected chi connectivity index (χ3v) is 6.14. The highest BCUT2D eigenvalue weighted by Crippen LogP contribution is 2.17. The summed E-state index contributed by atoms with van der Waals surface area (Å²) in [5.74, 6) is 0. The first-order valence-corrected chi connectivity index (χ1v) is 11.7. The Balaban J connectivity index is 3.56. The molecule has 0 unspecified atom stereocenters. The maximum atomic E-state index is 9.40. The molecule has 0 atom stereocenters. The minimum absolute atomic E-state index is 0.219. The fourth-order valence-electron chi connectivity index (χ4n) is 4.13. The van der Waals surface area contributed by atoms with Crippen LogP contribution < -0.4 is 0 Å². The molecule has 0 aromatic rings. The molecule has 0 aromatic carbocycles. The number of aliphatic hydroxyl groups excluding tert-OH is 2. The van der Waals surface area contributed by atoms with Gasteiger partial charge in [0.05, 0.1) is 25.8 Å². The molecule has 0 amide bonds. The quantitative estimate of drug-likeness (QED) is 0.213. The monoisotopic (exact) mass is 372 g/mol. The molecule has 0 aromatic heterocycles. The van der Waals surface area contributed by atoms with Crippen LogP contribution in [0.1, 0.15) is 111 Å². The van der Waals surface area contributed by atoms with E-state index in [1.54, 1.807) is 0 Å². The molecule has 0 bridgehead atoms. The lowest BCUT2D eigenvalue weighted by molar-refractivity contribution is -0.948. The first-order valence-electron chi connectivity index (χ1n) is 11.7. The van der Waals surface area contributed by atoms with Crippen LogP contribution in [0.25, 0.3) is 0 Å². The van der Waals surface area contributed by atoms with Crippen LogP contribution in [0.3, 0.4) is 0 Å². The van der Waals surface area contributed by atoms with Crippen molar-refractivity contribution in [3.63, 3.8) is 0 Å². The third-order valence-electron chi connectivity index (χ3n) is 6.14. The minimum atomic E-state index is 0.219. The molecule has 0 fully saturated rings. The molecule has 158 valence electrons. The molecule has 0 aliphatic heterocycles. The number of unbranched alkanes of at least 4 members (excludes halogenated alkanes) is 13. The van der Waals surface area contributed by atoms with E-state index in [1.807, 2.05) is 0 Å². The molecule has 0 saturated heterocycles. The van der Waals surface area contributed by atoms with Crippen molar-refractivity contribution in [2.45, 2.75) is 117 Å². The van der Waals surface area contributed by atoms with Gasteiger partial charge in [-0.25, -0.2) is 0 Å². The van der Waals surface area contributed by atoms with Crippen molar-refractivity contribution in [2.75, 3.05) is 32.8 Å². The topological polar surface area (TPSA) is 40.5 Å².